The van der Waals surface area contributed by atoms with Crippen LogP contribution in [0.5, 0.6) is 0 Å². The van der Waals surface area contributed by atoms with E-state index >= 15 is 0 Å². The summed E-state index contributed by atoms with van der Waals surface area (Å²) in [7, 11) is 0. The third-order valence-electron chi connectivity index (χ3n) is 2.82. The van der Waals surface area contributed by atoms with Crippen molar-refractivity contribution in [2.45, 2.75) is 91.1 Å². The summed E-state index contributed by atoms with van der Waals surface area (Å²) < 4.78 is 0. The van der Waals surface area contributed by atoms with Crippen molar-refractivity contribution in [3.63, 3.8) is 0 Å². The molecule has 0 saturated heterocycles. The van der Waals surface area contributed by atoms with Crippen molar-refractivity contribution in [2.24, 2.45) is 5.92 Å². The first-order chi connectivity index (χ1) is 8.67. The lowest BCUT2D eigenvalue weighted by Crippen LogP contribution is -2.35. The Morgan fingerprint density at radius 3 is 1.53 bits per heavy atom. The first-order valence-electron chi connectivity index (χ1n) is 7.36. The molecule has 4 nitrogen and oxygen atoms in total. The van der Waals surface area contributed by atoms with Crippen LogP contribution in [0, 0.1) is 5.92 Å². The minimum absolute atomic E-state index is 0.346. The predicted molar refractivity (Wildman–Crippen MR) is 74.2 cm³/mol. The summed E-state index contributed by atoms with van der Waals surface area (Å²) in [6.45, 7) is 11.7. The van der Waals surface area contributed by atoms with Crippen LogP contribution >= 0.6 is 0 Å². The molecule has 0 radical (unpaired) electrons. The normalized spacial score (nSPS) is 19.1. The number of rotatable bonds is 5. The van der Waals surface area contributed by atoms with Crippen LogP contribution in [0.4, 0.5) is 0 Å². The summed E-state index contributed by atoms with van der Waals surface area (Å²) in [5.74, 6) is 0.346. The molecule has 0 N–H and O–H groups in total. The Kier molecular flexibility index (Phi) is 6.24. The molecular weight excluding hydrogens is 244 g/mol. The van der Waals surface area contributed by atoms with Crippen molar-refractivity contribution in [3.8, 4) is 0 Å². The fraction of sp³-hybridized carbons (Fsp3) is 1.00. The Hall–Kier alpha value is -0.160. The van der Waals surface area contributed by atoms with Crippen molar-refractivity contribution in [2.75, 3.05) is 0 Å². The molecule has 1 aliphatic rings. The molecule has 0 aliphatic heterocycles. The molecule has 0 aromatic heterocycles. The monoisotopic (exact) mass is 274 g/mol. The van der Waals surface area contributed by atoms with Gasteiger partial charge in [0.25, 0.3) is 0 Å². The quantitative estimate of drug-likeness (QED) is 0.423. The maximum atomic E-state index is 5.49. The van der Waals surface area contributed by atoms with E-state index in [0.717, 1.165) is 12.8 Å². The van der Waals surface area contributed by atoms with Crippen LogP contribution in [0.1, 0.15) is 73.6 Å². The van der Waals surface area contributed by atoms with Crippen LogP contribution in [0.3, 0.4) is 0 Å². The molecule has 0 heterocycles. The molecule has 0 atom stereocenters. The molecule has 114 valence electrons. The van der Waals surface area contributed by atoms with Gasteiger partial charge in [-0.3, -0.25) is 0 Å². The second-order valence-corrected chi connectivity index (χ2v) is 7.35. The van der Waals surface area contributed by atoms with Gasteiger partial charge in [-0.2, -0.15) is 0 Å². The second-order valence-electron chi connectivity index (χ2n) is 7.35. The molecule has 1 fully saturated rings. The van der Waals surface area contributed by atoms with E-state index in [-0.39, 0.29) is 11.2 Å². The summed E-state index contributed by atoms with van der Waals surface area (Å²) >= 11 is 0. The van der Waals surface area contributed by atoms with Crippen molar-refractivity contribution in [3.05, 3.63) is 0 Å². The third kappa shape index (κ3) is 7.88. The van der Waals surface area contributed by atoms with Crippen LogP contribution in [-0.4, -0.2) is 17.5 Å². The zero-order valence-corrected chi connectivity index (χ0v) is 13.3. The van der Waals surface area contributed by atoms with E-state index < -0.39 is 6.29 Å². The summed E-state index contributed by atoms with van der Waals surface area (Å²) in [5, 5.41) is 0. The summed E-state index contributed by atoms with van der Waals surface area (Å²) in [5.41, 5.74) is -0.698. The fourth-order valence-electron chi connectivity index (χ4n) is 1.96. The van der Waals surface area contributed by atoms with E-state index in [9.17, 15) is 0 Å². The van der Waals surface area contributed by atoms with Crippen molar-refractivity contribution in [1.82, 2.24) is 0 Å². The van der Waals surface area contributed by atoms with Crippen LogP contribution in [0.15, 0.2) is 0 Å². The molecule has 0 spiro atoms. The Bertz CT molecular complexity index is 228. The van der Waals surface area contributed by atoms with E-state index in [1.165, 1.54) is 19.3 Å². The topological polar surface area (TPSA) is 36.9 Å². The predicted octanol–water partition coefficient (Wildman–Crippen LogP) is 4.39. The van der Waals surface area contributed by atoms with Gasteiger partial charge < -0.3 is 0 Å². The lowest BCUT2D eigenvalue weighted by atomic mass is 9.89. The molecule has 4 heteroatoms. The zero-order valence-electron chi connectivity index (χ0n) is 13.3. The van der Waals surface area contributed by atoms with Gasteiger partial charge in [-0.05, 0) is 54.4 Å². The van der Waals surface area contributed by atoms with E-state index in [4.69, 9.17) is 19.6 Å². The molecule has 19 heavy (non-hydrogen) atoms. The Morgan fingerprint density at radius 2 is 1.16 bits per heavy atom. The smallest absolute Gasteiger partial charge is 0.227 e. The van der Waals surface area contributed by atoms with Crippen molar-refractivity contribution in [1.29, 1.82) is 0 Å². The van der Waals surface area contributed by atoms with Crippen LogP contribution in [0.2, 0.25) is 0 Å². The summed E-state index contributed by atoms with van der Waals surface area (Å²) in [6, 6.07) is 0. The SMILES string of the molecule is CC(C)(C)OOC(OOC(C)(C)C)C1CCCCC1. The Morgan fingerprint density at radius 1 is 0.737 bits per heavy atom. The van der Waals surface area contributed by atoms with Crippen LogP contribution in [0.25, 0.3) is 0 Å². The lowest BCUT2D eigenvalue weighted by molar-refractivity contribution is -0.506. The van der Waals surface area contributed by atoms with Crippen LogP contribution in [-0.2, 0) is 19.6 Å². The molecule has 0 unspecified atom stereocenters. The van der Waals surface area contributed by atoms with Crippen molar-refractivity contribution >= 4 is 0 Å². The van der Waals surface area contributed by atoms with Gasteiger partial charge in [0, 0.05) is 5.92 Å². The maximum Gasteiger partial charge on any atom is 0.227 e. The minimum atomic E-state index is -0.446. The molecule has 0 bridgehead atoms. The van der Waals surface area contributed by atoms with Gasteiger partial charge in [0.2, 0.25) is 6.29 Å². The molecule has 0 aromatic rings. The standard InChI is InChI=1S/C15H30O4/c1-14(2,3)18-16-13(17-19-15(4,5)6)12-10-8-7-9-11-12/h12-13H,7-11H2,1-6H3. The van der Waals surface area contributed by atoms with E-state index in [0.29, 0.717) is 5.92 Å². The Balaban J connectivity index is 2.51. The van der Waals surface area contributed by atoms with Gasteiger partial charge in [0.1, 0.15) is 0 Å². The van der Waals surface area contributed by atoms with E-state index in [2.05, 4.69) is 0 Å². The second kappa shape index (κ2) is 7.02. The largest absolute Gasteiger partial charge is 0.228 e. The van der Waals surface area contributed by atoms with Gasteiger partial charge in [0.05, 0.1) is 11.2 Å². The third-order valence-corrected chi connectivity index (χ3v) is 2.82. The fourth-order valence-corrected chi connectivity index (χ4v) is 1.96. The van der Waals surface area contributed by atoms with Gasteiger partial charge in [-0.15, -0.1) is 0 Å². The van der Waals surface area contributed by atoms with E-state index in [1.54, 1.807) is 0 Å². The highest BCUT2D eigenvalue weighted by Crippen LogP contribution is 2.30. The van der Waals surface area contributed by atoms with Gasteiger partial charge in [-0.25, -0.2) is 19.6 Å². The summed E-state index contributed by atoms with van der Waals surface area (Å²) in [4.78, 5) is 21.8. The van der Waals surface area contributed by atoms with Gasteiger partial charge >= 0.3 is 0 Å². The highest BCUT2D eigenvalue weighted by molar-refractivity contribution is 4.68. The average Bonchev–Trinajstić information content (AvgIpc) is 2.27. The molecule has 1 aliphatic carbocycles. The van der Waals surface area contributed by atoms with Crippen molar-refractivity contribution < 1.29 is 19.6 Å². The van der Waals surface area contributed by atoms with Gasteiger partial charge in [0.15, 0.2) is 0 Å². The highest BCUT2D eigenvalue weighted by atomic mass is 17.3. The molecule has 1 rings (SSSR count). The molecular formula is C15H30O4. The highest BCUT2D eigenvalue weighted by Gasteiger charge is 2.30. The number of hydrogen-bond donors (Lipinski definition) is 0. The zero-order chi connectivity index (χ0) is 14.5. The van der Waals surface area contributed by atoms with E-state index in [1.807, 2.05) is 41.5 Å². The average molecular weight is 274 g/mol. The first kappa shape index (κ1) is 16.9. The summed E-state index contributed by atoms with van der Waals surface area (Å²) in [6.07, 6.45) is 5.50. The molecule has 1 saturated carbocycles. The Labute approximate surface area is 117 Å². The van der Waals surface area contributed by atoms with Gasteiger partial charge in [-0.1, -0.05) is 19.3 Å². The maximum absolute atomic E-state index is 5.49. The molecule has 0 aromatic carbocycles. The number of hydrogen-bond acceptors (Lipinski definition) is 4. The first-order valence-corrected chi connectivity index (χ1v) is 7.36. The minimum Gasteiger partial charge on any atom is -0.228 e. The lowest BCUT2D eigenvalue weighted by Gasteiger charge is -2.31. The van der Waals surface area contributed by atoms with Crippen LogP contribution < -0.4 is 0 Å². The molecule has 0 amide bonds.